The number of hydrogen-bond acceptors (Lipinski definition) is 4. The number of phenols is 1. The van der Waals surface area contributed by atoms with E-state index in [1.807, 2.05) is 0 Å². The van der Waals surface area contributed by atoms with Gasteiger partial charge in [0.15, 0.2) is 0 Å². The highest BCUT2D eigenvalue weighted by Gasteiger charge is 2.42. The summed E-state index contributed by atoms with van der Waals surface area (Å²) in [5.41, 5.74) is 6.91. The quantitative estimate of drug-likeness (QED) is 0.585. The lowest BCUT2D eigenvalue weighted by Gasteiger charge is -2.17. The Bertz CT molecular complexity index is 455. The third kappa shape index (κ3) is 3.95. The van der Waals surface area contributed by atoms with Crippen molar-refractivity contribution in [1.29, 1.82) is 0 Å². The van der Waals surface area contributed by atoms with Crippen LogP contribution in [0.5, 0.6) is 5.75 Å². The average molecular weight is 278 g/mol. The Kier molecular flexibility index (Phi) is 4.62. The summed E-state index contributed by atoms with van der Waals surface area (Å²) in [5.74, 6) is 0.0359. The molecule has 1 aromatic carbocycles. The summed E-state index contributed by atoms with van der Waals surface area (Å²) in [4.78, 5) is 11.9. The molecule has 1 aromatic rings. The minimum Gasteiger partial charge on any atom is -0.508 e. The molecule has 0 heterocycles. The number of aliphatic hydroxyl groups excluding tert-OH is 1. The normalized spacial score (nSPS) is 17.5. The number of rotatable bonds is 7. The first-order valence-corrected chi connectivity index (χ1v) is 6.97. The van der Waals surface area contributed by atoms with Gasteiger partial charge in [-0.05, 0) is 48.8 Å². The first kappa shape index (κ1) is 14.8. The summed E-state index contributed by atoms with van der Waals surface area (Å²) < 4.78 is 0. The molecule has 110 valence electrons. The Morgan fingerprint density at radius 1 is 1.35 bits per heavy atom. The van der Waals surface area contributed by atoms with E-state index in [9.17, 15) is 9.90 Å². The lowest BCUT2D eigenvalue weighted by molar-refractivity contribution is -0.122. The van der Waals surface area contributed by atoms with Gasteiger partial charge in [0.2, 0.25) is 5.91 Å². The third-order valence-corrected chi connectivity index (χ3v) is 3.97. The molecule has 5 heteroatoms. The molecule has 0 radical (unpaired) electrons. The number of carbonyl (C=O) groups is 1. The van der Waals surface area contributed by atoms with Crippen LogP contribution in [-0.4, -0.2) is 35.3 Å². The number of carbonyl (C=O) groups excluding carboxylic acids is 1. The number of hydrogen-bond donors (Lipinski definition) is 4. The van der Waals surface area contributed by atoms with Crippen molar-refractivity contribution in [2.75, 3.05) is 13.2 Å². The lowest BCUT2D eigenvalue weighted by Crippen LogP contribution is -2.44. The summed E-state index contributed by atoms with van der Waals surface area (Å²) in [5, 5.41) is 21.1. The van der Waals surface area contributed by atoms with Crippen LogP contribution in [0.15, 0.2) is 24.3 Å². The van der Waals surface area contributed by atoms with Crippen molar-refractivity contribution in [1.82, 2.24) is 5.32 Å². The number of nitrogens with one attached hydrogen (secondary N) is 1. The zero-order valence-corrected chi connectivity index (χ0v) is 11.5. The number of aromatic hydroxyl groups is 1. The molecule has 1 atom stereocenters. The van der Waals surface area contributed by atoms with Gasteiger partial charge in [-0.3, -0.25) is 4.79 Å². The molecule has 0 aliphatic heterocycles. The van der Waals surface area contributed by atoms with Crippen LogP contribution in [0.3, 0.4) is 0 Å². The maximum Gasteiger partial charge on any atom is 0.237 e. The van der Waals surface area contributed by atoms with Gasteiger partial charge in [0.1, 0.15) is 5.75 Å². The Hall–Kier alpha value is -1.59. The van der Waals surface area contributed by atoms with E-state index >= 15 is 0 Å². The molecule has 1 fully saturated rings. The van der Waals surface area contributed by atoms with Gasteiger partial charge < -0.3 is 21.3 Å². The smallest absolute Gasteiger partial charge is 0.237 e. The highest BCUT2D eigenvalue weighted by molar-refractivity contribution is 5.81. The predicted molar refractivity (Wildman–Crippen MR) is 76.2 cm³/mol. The van der Waals surface area contributed by atoms with Gasteiger partial charge in [-0.25, -0.2) is 0 Å². The van der Waals surface area contributed by atoms with E-state index in [2.05, 4.69) is 5.32 Å². The first-order valence-electron chi connectivity index (χ1n) is 6.97. The van der Waals surface area contributed by atoms with Gasteiger partial charge in [0.25, 0.3) is 0 Å². The van der Waals surface area contributed by atoms with Crippen LogP contribution in [0, 0.1) is 5.41 Å². The first-order chi connectivity index (χ1) is 9.54. The average Bonchev–Trinajstić information content (AvgIpc) is 3.19. The zero-order valence-electron chi connectivity index (χ0n) is 11.5. The molecule has 0 aromatic heterocycles. The Morgan fingerprint density at radius 2 is 2.00 bits per heavy atom. The molecule has 1 aliphatic carbocycles. The van der Waals surface area contributed by atoms with Gasteiger partial charge >= 0.3 is 0 Å². The van der Waals surface area contributed by atoms with E-state index in [0.717, 1.165) is 24.8 Å². The number of amides is 1. The van der Waals surface area contributed by atoms with Gasteiger partial charge in [0, 0.05) is 13.2 Å². The second-order valence-electron chi connectivity index (χ2n) is 5.67. The van der Waals surface area contributed by atoms with Crippen molar-refractivity contribution in [2.45, 2.75) is 31.7 Å². The Balaban J connectivity index is 1.78. The molecule has 2 rings (SSSR count). The zero-order chi connectivity index (χ0) is 14.6. The van der Waals surface area contributed by atoms with Crippen molar-refractivity contribution < 1.29 is 15.0 Å². The highest BCUT2D eigenvalue weighted by Crippen LogP contribution is 2.47. The number of benzene rings is 1. The molecule has 0 saturated heterocycles. The summed E-state index contributed by atoms with van der Waals surface area (Å²) in [6, 6.07) is 6.10. The molecule has 20 heavy (non-hydrogen) atoms. The molecule has 1 aliphatic rings. The summed E-state index contributed by atoms with van der Waals surface area (Å²) in [6.07, 6.45) is 3.29. The Labute approximate surface area is 118 Å². The SMILES string of the molecule is N[C@@H](Cc1ccc(O)cc1)C(=O)NCC1(CCO)CC1. The topological polar surface area (TPSA) is 95.6 Å². The molecule has 0 spiro atoms. The van der Waals surface area contributed by atoms with E-state index in [4.69, 9.17) is 10.8 Å². The lowest BCUT2D eigenvalue weighted by atomic mass is 10.0. The molecule has 0 bridgehead atoms. The van der Waals surface area contributed by atoms with E-state index in [1.165, 1.54) is 0 Å². The van der Waals surface area contributed by atoms with E-state index in [-0.39, 0.29) is 23.7 Å². The van der Waals surface area contributed by atoms with Gasteiger partial charge in [0.05, 0.1) is 6.04 Å². The molecule has 1 amide bonds. The van der Waals surface area contributed by atoms with Crippen LogP contribution in [-0.2, 0) is 11.2 Å². The van der Waals surface area contributed by atoms with Crippen molar-refractivity contribution in [2.24, 2.45) is 11.1 Å². The summed E-state index contributed by atoms with van der Waals surface area (Å²) in [6.45, 7) is 0.755. The maximum atomic E-state index is 11.9. The second-order valence-corrected chi connectivity index (χ2v) is 5.67. The van der Waals surface area contributed by atoms with E-state index < -0.39 is 6.04 Å². The van der Waals surface area contributed by atoms with E-state index in [1.54, 1.807) is 24.3 Å². The molecular weight excluding hydrogens is 256 g/mol. The summed E-state index contributed by atoms with van der Waals surface area (Å²) in [7, 11) is 0. The largest absolute Gasteiger partial charge is 0.508 e. The third-order valence-electron chi connectivity index (χ3n) is 3.97. The molecule has 0 unspecified atom stereocenters. The fraction of sp³-hybridized carbons (Fsp3) is 0.533. The van der Waals surface area contributed by atoms with Crippen molar-refractivity contribution in [3.05, 3.63) is 29.8 Å². The molecule has 1 saturated carbocycles. The second kappa shape index (κ2) is 6.24. The van der Waals surface area contributed by atoms with Gasteiger partial charge in [-0.2, -0.15) is 0 Å². The standard InChI is InChI=1S/C15H22N2O3/c16-13(9-11-1-3-12(19)4-2-11)14(20)17-10-15(5-6-15)7-8-18/h1-4,13,18-19H,5-10,16H2,(H,17,20)/t13-/m0/s1. The van der Waals surface area contributed by atoms with Crippen LogP contribution < -0.4 is 11.1 Å². The van der Waals surface area contributed by atoms with Crippen molar-refractivity contribution in [3.8, 4) is 5.75 Å². The van der Waals surface area contributed by atoms with Crippen molar-refractivity contribution >= 4 is 5.91 Å². The highest BCUT2D eigenvalue weighted by atomic mass is 16.3. The van der Waals surface area contributed by atoms with Crippen LogP contribution in [0.1, 0.15) is 24.8 Å². The number of phenolic OH excluding ortho intramolecular Hbond substituents is 1. The van der Waals surface area contributed by atoms with Crippen LogP contribution >= 0.6 is 0 Å². The fourth-order valence-electron chi connectivity index (χ4n) is 2.31. The number of aliphatic hydroxyl groups is 1. The Morgan fingerprint density at radius 3 is 2.55 bits per heavy atom. The molecular formula is C15H22N2O3. The van der Waals surface area contributed by atoms with Crippen LogP contribution in [0.25, 0.3) is 0 Å². The summed E-state index contributed by atoms with van der Waals surface area (Å²) >= 11 is 0. The fourth-order valence-corrected chi connectivity index (χ4v) is 2.31. The predicted octanol–water partition coefficient (Wildman–Crippen LogP) is 0.541. The molecule has 5 N–H and O–H groups in total. The van der Waals surface area contributed by atoms with E-state index in [0.29, 0.717) is 13.0 Å². The maximum absolute atomic E-state index is 11.9. The minimum absolute atomic E-state index is 0.0999. The van der Waals surface area contributed by atoms with Gasteiger partial charge in [-0.1, -0.05) is 12.1 Å². The monoisotopic (exact) mass is 278 g/mol. The minimum atomic E-state index is -0.593. The molecule has 5 nitrogen and oxygen atoms in total. The van der Waals surface area contributed by atoms with Gasteiger partial charge in [-0.15, -0.1) is 0 Å². The van der Waals surface area contributed by atoms with Crippen LogP contribution in [0.4, 0.5) is 0 Å². The van der Waals surface area contributed by atoms with Crippen LogP contribution in [0.2, 0.25) is 0 Å². The van der Waals surface area contributed by atoms with Crippen molar-refractivity contribution in [3.63, 3.8) is 0 Å². The number of nitrogens with two attached hydrogens (primary N) is 1.